The lowest BCUT2D eigenvalue weighted by Gasteiger charge is -2.64. The molecule has 5 heteroatoms. The van der Waals surface area contributed by atoms with E-state index in [2.05, 4.69) is 79.1 Å². The summed E-state index contributed by atoms with van der Waals surface area (Å²) in [5.74, 6) is 7.06. The summed E-state index contributed by atoms with van der Waals surface area (Å²) in [6.07, 6.45) is 3.65. The van der Waals surface area contributed by atoms with Crippen LogP contribution in [0, 0.1) is 17.8 Å². The van der Waals surface area contributed by atoms with E-state index < -0.39 is 11.0 Å². The second-order valence-corrected chi connectivity index (χ2v) is 13.0. The number of amides is 1. The standard InChI is InChI=1S/C37H40N2O3/c1-26(2)25-39(33(40)17-16-27-10-5-3-6-11-27)30-18-20-37(41)32-24-29-14-9-15-31-34(29)36(37,35(30)42-31)21-23-38(32)22-19-28-12-7-4-8-13-28/h3-15,26,30,32,35,41H,18-25H2,1-2H3/t30-,32-,35+,36+,37-/m1/s1. The average Bonchev–Trinajstić information content (AvgIpc) is 3.34. The molecule has 3 aromatic rings. The lowest BCUT2D eigenvalue weighted by molar-refractivity contribution is -0.200. The molecular weight excluding hydrogens is 520 g/mol. The predicted octanol–water partition coefficient (Wildman–Crippen LogP) is 4.99. The Morgan fingerprint density at radius 3 is 2.57 bits per heavy atom. The van der Waals surface area contributed by atoms with Gasteiger partial charge in [0.2, 0.25) is 0 Å². The molecule has 0 radical (unpaired) electrons. The molecule has 0 aromatic heterocycles. The van der Waals surface area contributed by atoms with Crippen molar-refractivity contribution in [1.29, 1.82) is 0 Å². The highest BCUT2D eigenvalue weighted by atomic mass is 16.5. The second kappa shape index (κ2) is 10.6. The van der Waals surface area contributed by atoms with E-state index in [1.54, 1.807) is 0 Å². The molecule has 2 fully saturated rings. The Labute approximate surface area is 249 Å². The molecule has 2 aliphatic carbocycles. The number of rotatable bonds is 6. The number of carbonyl (C=O) groups is 1. The van der Waals surface area contributed by atoms with Gasteiger partial charge in [-0.15, -0.1) is 0 Å². The van der Waals surface area contributed by atoms with Gasteiger partial charge in [0.25, 0.3) is 5.91 Å². The number of hydrogen-bond acceptors (Lipinski definition) is 4. The zero-order valence-electron chi connectivity index (χ0n) is 24.6. The fraction of sp³-hybridized carbons (Fsp3) is 0.432. The second-order valence-electron chi connectivity index (χ2n) is 13.0. The summed E-state index contributed by atoms with van der Waals surface area (Å²) in [4.78, 5) is 18.3. The van der Waals surface area contributed by atoms with Crippen molar-refractivity contribution in [3.63, 3.8) is 0 Å². The van der Waals surface area contributed by atoms with Crippen LogP contribution in [0.4, 0.5) is 0 Å². The SMILES string of the molecule is CC(C)CN(C(=O)C#Cc1ccccc1)[C@@H]1CC[C@@]2(O)[C@H]3Cc4cccc5c4[C@@]2(CCN3CCc2ccccc2)[C@H]1O5. The van der Waals surface area contributed by atoms with Gasteiger partial charge < -0.3 is 14.7 Å². The molecule has 2 aliphatic heterocycles. The molecule has 2 heterocycles. The summed E-state index contributed by atoms with van der Waals surface area (Å²) in [7, 11) is 0. The highest BCUT2D eigenvalue weighted by Gasteiger charge is 2.73. The Hall–Kier alpha value is -3.59. The van der Waals surface area contributed by atoms with Gasteiger partial charge in [-0.3, -0.25) is 9.69 Å². The van der Waals surface area contributed by atoms with Crippen LogP contribution in [0.3, 0.4) is 0 Å². The highest BCUT2D eigenvalue weighted by Crippen LogP contribution is 2.64. The van der Waals surface area contributed by atoms with Crippen molar-refractivity contribution >= 4 is 5.91 Å². The number of aliphatic hydroxyl groups is 1. The molecule has 4 aliphatic rings. The summed E-state index contributed by atoms with van der Waals surface area (Å²) in [6.45, 7) is 6.73. The summed E-state index contributed by atoms with van der Waals surface area (Å²) in [5.41, 5.74) is 3.21. The van der Waals surface area contributed by atoms with Crippen molar-refractivity contribution in [2.45, 2.75) is 75.2 Å². The number of ether oxygens (including phenoxy) is 1. The van der Waals surface area contributed by atoms with Crippen LogP contribution in [0.15, 0.2) is 78.9 Å². The molecule has 5 nitrogen and oxygen atoms in total. The van der Waals surface area contributed by atoms with E-state index >= 15 is 0 Å². The van der Waals surface area contributed by atoms with Gasteiger partial charge in [0.15, 0.2) is 0 Å². The Balaban J connectivity index is 1.24. The molecule has 1 saturated heterocycles. The van der Waals surface area contributed by atoms with Crippen LogP contribution in [0.5, 0.6) is 5.75 Å². The van der Waals surface area contributed by atoms with Crippen molar-refractivity contribution in [2.24, 2.45) is 5.92 Å². The normalized spacial score (nSPS) is 28.8. The highest BCUT2D eigenvalue weighted by molar-refractivity contribution is 5.94. The van der Waals surface area contributed by atoms with Gasteiger partial charge in [0, 0.05) is 36.2 Å². The van der Waals surface area contributed by atoms with Gasteiger partial charge in [0.05, 0.1) is 17.1 Å². The number of piperidine rings is 1. The Morgan fingerprint density at radius 2 is 1.81 bits per heavy atom. The Bertz CT molecular complexity index is 1530. The van der Waals surface area contributed by atoms with Crippen molar-refractivity contribution in [1.82, 2.24) is 9.80 Å². The minimum Gasteiger partial charge on any atom is -0.487 e. The fourth-order valence-corrected chi connectivity index (χ4v) is 8.56. The summed E-state index contributed by atoms with van der Waals surface area (Å²) < 4.78 is 6.88. The van der Waals surface area contributed by atoms with Crippen LogP contribution in [0.2, 0.25) is 0 Å². The quantitative estimate of drug-likeness (QED) is 0.432. The third-order valence-corrected chi connectivity index (χ3v) is 10.3. The van der Waals surface area contributed by atoms with E-state index in [9.17, 15) is 9.90 Å². The smallest absolute Gasteiger partial charge is 0.299 e. The first-order valence-corrected chi connectivity index (χ1v) is 15.6. The Kier molecular flexibility index (Phi) is 6.88. The lowest BCUT2D eigenvalue weighted by Crippen LogP contribution is -2.78. The molecular formula is C37H40N2O3. The molecule has 1 amide bonds. The van der Waals surface area contributed by atoms with E-state index in [1.165, 1.54) is 16.7 Å². The number of hydrogen-bond donors (Lipinski definition) is 1. The lowest BCUT2D eigenvalue weighted by atomic mass is 9.48. The van der Waals surface area contributed by atoms with Crippen LogP contribution in [0.1, 0.15) is 55.4 Å². The monoisotopic (exact) mass is 560 g/mol. The molecule has 0 unspecified atom stereocenters. The molecule has 2 bridgehead atoms. The minimum absolute atomic E-state index is 0.0231. The van der Waals surface area contributed by atoms with E-state index in [1.807, 2.05) is 35.2 Å². The molecule has 1 saturated carbocycles. The van der Waals surface area contributed by atoms with Crippen molar-refractivity contribution in [3.8, 4) is 17.6 Å². The first-order valence-electron chi connectivity index (χ1n) is 15.6. The van der Waals surface area contributed by atoms with Gasteiger partial charge in [-0.1, -0.05) is 80.4 Å². The molecule has 216 valence electrons. The number of carbonyl (C=O) groups excluding carboxylic acids is 1. The van der Waals surface area contributed by atoms with Gasteiger partial charge in [0.1, 0.15) is 11.9 Å². The fourth-order valence-electron chi connectivity index (χ4n) is 8.56. The van der Waals surface area contributed by atoms with Gasteiger partial charge in [-0.2, -0.15) is 0 Å². The van der Waals surface area contributed by atoms with Crippen molar-refractivity contribution < 1.29 is 14.6 Å². The topological polar surface area (TPSA) is 53.0 Å². The first-order chi connectivity index (χ1) is 20.4. The third kappa shape index (κ3) is 4.27. The molecule has 3 aromatic carbocycles. The van der Waals surface area contributed by atoms with Gasteiger partial charge in [-0.25, -0.2) is 0 Å². The largest absolute Gasteiger partial charge is 0.487 e. The molecule has 5 atom stereocenters. The average molecular weight is 561 g/mol. The zero-order valence-corrected chi connectivity index (χ0v) is 24.6. The summed E-state index contributed by atoms with van der Waals surface area (Å²) >= 11 is 0. The van der Waals surface area contributed by atoms with Crippen LogP contribution < -0.4 is 4.74 Å². The van der Waals surface area contributed by atoms with E-state index in [-0.39, 0.29) is 30.0 Å². The van der Waals surface area contributed by atoms with Crippen molar-refractivity contribution in [2.75, 3.05) is 19.6 Å². The maximum Gasteiger partial charge on any atom is 0.299 e. The predicted molar refractivity (Wildman–Crippen MR) is 164 cm³/mol. The molecule has 1 spiro atoms. The van der Waals surface area contributed by atoms with Crippen LogP contribution in [0.25, 0.3) is 0 Å². The zero-order chi connectivity index (χ0) is 28.9. The maximum absolute atomic E-state index is 13.8. The molecule has 42 heavy (non-hydrogen) atoms. The van der Waals surface area contributed by atoms with Crippen LogP contribution in [-0.2, 0) is 23.1 Å². The summed E-state index contributed by atoms with van der Waals surface area (Å²) in [6, 6.07) is 26.6. The van der Waals surface area contributed by atoms with E-state index in [4.69, 9.17) is 4.74 Å². The van der Waals surface area contributed by atoms with E-state index in [0.29, 0.717) is 19.4 Å². The van der Waals surface area contributed by atoms with Crippen LogP contribution >= 0.6 is 0 Å². The van der Waals surface area contributed by atoms with Gasteiger partial charge >= 0.3 is 0 Å². The van der Waals surface area contributed by atoms with Crippen LogP contribution in [-0.4, -0.2) is 64.2 Å². The number of likely N-dealkylation sites (tertiary alicyclic amines) is 1. The minimum atomic E-state index is -0.912. The van der Waals surface area contributed by atoms with Gasteiger partial charge in [-0.05, 0) is 73.9 Å². The molecule has 7 rings (SSSR count). The number of benzene rings is 3. The third-order valence-electron chi connectivity index (χ3n) is 10.3. The van der Waals surface area contributed by atoms with E-state index in [0.717, 1.165) is 43.7 Å². The Morgan fingerprint density at radius 1 is 1.05 bits per heavy atom. The molecule has 1 N–H and O–H groups in total. The summed E-state index contributed by atoms with van der Waals surface area (Å²) in [5, 5.41) is 12.9. The van der Waals surface area contributed by atoms with Crippen molar-refractivity contribution in [3.05, 3.63) is 101 Å². The number of nitrogens with zero attached hydrogens (tertiary/aromatic N) is 2. The maximum atomic E-state index is 13.8. The first kappa shape index (κ1) is 27.3.